The van der Waals surface area contributed by atoms with Gasteiger partial charge in [0.1, 0.15) is 0 Å². The highest BCUT2D eigenvalue weighted by molar-refractivity contribution is 9.10. The van der Waals surface area contributed by atoms with E-state index in [1.807, 2.05) is 66.4 Å². The summed E-state index contributed by atoms with van der Waals surface area (Å²) in [4.78, 5) is 14.4. The van der Waals surface area contributed by atoms with Gasteiger partial charge in [-0.3, -0.25) is 4.79 Å². The van der Waals surface area contributed by atoms with Gasteiger partial charge < -0.3 is 10.2 Å². The molecule has 6 heteroatoms. The van der Waals surface area contributed by atoms with Crippen molar-refractivity contribution in [3.63, 3.8) is 0 Å². The van der Waals surface area contributed by atoms with E-state index in [0.717, 1.165) is 16.7 Å². The van der Waals surface area contributed by atoms with Crippen molar-refractivity contribution in [3.05, 3.63) is 76.9 Å². The van der Waals surface area contributed by atoms with Crippen LogP contribution in [0.2, 0.25) is 0 Å². The van der Waals surface area contributed by atoms with Gasteiger partial charge >= 0.3 is 0 Å². The molecule has 2 aromatic carbocycles. The van der Waals surface area contributed by atoms with Crippen LogP contribution in [0.5, 0.6) is 0 Å². The lowest BCUT2D eigenvalue weighted by atomic mass is 10.2. The zero-order chi connectivity index (χ0) is 17.6. The number of rotatable bonds is 5. The molecule has 3 aromatic rings. The molecule has 0 aliphatic rings. The van der Waals surface area contributed by atoms with Crippen LogP contribution in [0.25, 0.3) is 0 Å². The molecule has 0 radical (unpaired) electrons. The number of hydrogen-bond donors (Lipinski definition) is 1. The van der Waals surface area contributed by atoms with Crippen molar-refractivity contribution in [1.82, 2.24) is 10.2 Å². The van der Waals surface area contributed by atoms with E-state index in [-0.39, 0.29) is 11.6 Å². The van der Waals surface area contributed by atoms with Gasteiger partial charge in [-0.25, -0.2) is 0 Å². The van der Waals surface area contributed by atoms with Crippen LogP contribution >= 0.6 is 15.9 Å². The minimum atomic E-state index is -0.297. The lowest BCUT2D eigenvalue weighted by Gasteiger charge is -2.21. The highest BCUT2D eigenvalue weighted by Crippen LogP contribution is 2.23. The van der Waals surface area contributed by atoms with Crippen LogP contribution in [0.1, 0.15) is 17.4 Å². The number of carbonyl (C=O) groups excluding carboxylic acids is 1. The van der Waals surface area contributed by atoms with E-state index in [1.165, 1.54) is 0 Å². The van der Waals surface area contributed by atoms with Crippen molar-refractivity contribution in [3.8, 4) is 0 Å². The topological polar surface area (TPSA) is 58.1 Å². The molecule has 0 fully saturated rings. The van der Waals surface area contributed by atoms with Gasteiger partial charge in [-0.2, -0.15) is 0 Å². The molecule has 0 bridgehead atoms. The number of aromatic nitrogens is 2. The molecule has 0 aliphatic heterocycles. The Labute approximate surface area is 154 Å². The van der Waals surface area contributed by atoms with Crippen LogP contribution in [-0.4, -0.2) is 22.6 Å². The highest BCUT2D eigenvalue weighted by atomic mass is 79.9. The average molecular weight is 397 g/mol. The lowest BCUT2D eigenvalue weighted by molar-refractivity contribution is 0.102. The summed E-state index contributed by atoms with van der Waals surface area (Å²) in [6, 6.07) is 20.9. The number of carbonyl (C=O) groups is 1. The van der Waals surface area contributed by atoms with Crippen molar-refractivity contribution in [2.45, 2.75) is 6.92 Å². The second kappa shape index (κ2) is 7.90. The summed E-state index contributed by atoms with van der Waals surface area (Å²) in [5, 5.41) is 11.1. The number of halogens is 1. The second-order valence-electron chi connectivity index (χ2n) is 5.29. The largest absolute Gasteiger partial charge is 0.325 e. The minimum Gasteiger partial charge on any atom is -0.325 e. The third-order valence-electron chi connectivity index (χ3n) is 3.67. The highest BCUT2D eigenvalue weighted by Gasteiger charge is 2.13. The molecule has 1 aromatic heterocycles. The van der Waals surface area contributed by atoms with Gasteiger partial charge in [-0.1, -0.05) is 30.3 Å². The van der Waals surface area contributed by atoms with Gasteiger partial charge in [0.25, 0.3) is 5.91 Å². The molecular weight excluding hydrogens is 380 g/mol. The fourth-order valence-electron chi connectivity index (χ4n) is 2.42. The second-order valence-corrected chi connectivity index (χ2v) is 6.14. The molecule has 1 amide bonds. The zero-order valence-corrected chi connectivity index (χ0v) is 15.3. The summed E-state index contributed by atoms with van der Waals surface area (Å²) in [6.07, 6.45) is 0. The van der Waals surface area contributed by atoms with E-state index in [2.05, 4.69) is 31.4 Å². The Balaban J connectivity index is 1.77. The molecule has 0 aliphatic carbocycles. The van der Waals surface area contributed by atoms with Gasteiger partial charge in [-0.05, 0) is 59.3 Å². The van der Waals surface area contributed by atoms with Crippen LogP contribution in [0.15, 0.2) is 71.2 Å². The van der Waals surface area contributed by atoms with Gasteiger partial charge in [0.05, 0.1) is 5.69 Å². The predicted octanol–water partition coefficient (Wildman–Crippen LogP) is 4.65. The van der Waals surface area contributed by atoms with Crippen molar-refractivity contribution >= 4 is 39.0 Å². The van der Waals surface area contributed by atoms with E-state index in [1.54, 1.807) is 12.1 Å². The Morgan fingerprint density at radius 3 is 2.36 bits per heavy atom. The number of anilines is 3. The number of benzene rings is 2. The van der Waals surface area contributed by atoms with Crippen LogP contribution in [0.3, 0.4) is 0 Å². The van der Waals surface area contributed by atoms with E-state index in [9.17, 15) is 4.79 Å². The number of amides is 1. The van der Waals surface area contributed by atoms with Crippen LogP contribution in [0, 0.1) is 0 Å². The Morgan fingerprint density at radius 1 is 1.00 bits per heavy atom. The summed E-state index contributed by atoms with van der Waals surface area (Å²) in [5.41, 5.74) is 1.99. The molecular formula is C19H17BrN4O. The van der Waals surface area contributed by atoms with Crippen LogP contribution in [-0.2, 0) is 0 Å². The van der Waals surface area contributed by atoms with Crippen LogP contribution in [0.4, 0.5) is 17.2 Å². The number of nitrogens with one attached hydrogen (secondary N) is 1. The van der Waals surface area contributed by atoms with E-state index >= 15 is 0 Å². The van der Waals surface area contributed by atoms with Crippen molar-refractivity contribution in [2.24, 2.45) is 0 Å². The Hall–Kier alpha value is -2.73. The molecule has 1 heterocycles. The summed E-state index contributed by atoms with van der Waals surface area (Å²) >= 11 is 3.41. The molecule has 1 N–H and O–H groups in total. The maximum Gasteiger partial charge on any atom is 0.276 e. The fraction of sp³-hybridized carbons (Fsp3) is 0.105. The minimum absolute atomic E-state index is 0.267. The molecule has 0 unspecified atom stereocenters. The molecule has 126 valence electrons. The van der Waals surface area contributed by atoms with Gasteiger partial charge in [0, 0.05) is 16.7 Å². The first kappa shape index (κ1) is 17.1. The quantitative estimate of drug-likeness (QED) is 0.681. The molecule has 5 nitrogen and oxygen atoms in total. The first-order valence-corrected chi connectivity index (χ1v) is 8.70. The van der Waals surface area contributed by atoms with Gasteiger partial charge in [0.2, 0.25) is 0 Å². The lowest BCUT2D eigenvalue weighted by Crippen LogP contribution is -2.19. The van der Waals surface area contributed by atoms with E-state index < -0.39 is 0 Å². The fourth-order valence-corrected chi connectivity index (χ4v) is 2.81. The normalized spacial score (nSPS) is 10.3. The summed E-state index contributed by atoms with van der Waals surface area (Å²) < 4.78 is 0.814. The Kier molecular flexibility index (Phi) is 5.40. The van der Waals surface area contributed by atoms with Gasteiger partial charge in [0.15, 0.2) is 11.5 Å². The third kappa shape index (κ3) is 4.03. The smallest absolute Gasteiger partial charge is 0.276 e. The predicted molar refractivity (Wildman–Crippen MR) is 103 cm³/mol. The molecule has 0 saturated carbocycles. The summed E-state index contributed by atoms with van der Waals surface area (Å²) in [5.74, 6) is 0.403. The zero-order valence-electron chi connectivity index (χ0n) is 13.7. The van der Waals surface area contributed by atoms with Crippen molar-refractivity contribution in [2.75, 3.05) is 16.8 Å². The number of hydrogen-bond acceptors (Lipinski definition) is 4. The summed E-state index contributed by atoms with van der Waals surface area (Å²) in [7, 11) is 0. The van der Waals surface area contributed by atoms with Crippen molar-refractivity contribution < 1.29 is 4.79 Å². The molecule has 25 heavy (non-hydrogen) atoms. The monoisotopic (exact) mass is 396 g/mol. The molecule has 0 spiro atoms. The molecule has 0 atom stereocenters. The first-order chi connectivity index (χ1) is 12.2. The first-order valence-electron chi connectivity index (χ1n) is 7.91. The summed E-state index contributed by atoms with van der Waals surface area (Å²) in [6.45, 7) is 2.80. The molecule has 3 rings (SSSR count). The number of nitrogens with zero attached hydrogens (tertiary/aromatic N) is 3. The van der Waals surface area contributed by atoms with Crippen molar-refractivity contribution in [1.29, 1.82) is 0 Å². The third-order valence-corrected chi connectivity index (χ3v) is 4.36. The Bertz CT molecular complexity index is 853. The maximum absolute atomic E-state index is 12.3. The SMILES string of the molecule is CCN(c1ccccc1)c1ccc(C(=O)Nc2ccccc2Br)nn1. The van der Waals surface area contributed by atoms with E-state index in [4.69, 9.17) is 0 Å². The average Bonchev–Trinajstić information content (AvgIpc) is 2.66. The van der Waals surface area contributed by atoms with Gasteiger partial charge in [-0.15, -0.1) is 10.2 Å². The molecule has 0 saturated heterocycles. The van der Waals surface area contributed by atoms with Crippen LogP contribution < -0.4 is 10.2 Å². The number of para-hydroxylation sites is 2. The Morgan fingerprint density at radius 2 is 1.72 bits per heavy atom. The standard InChI is InChI=1S/C19H17BrN4O/c1-2-24(14-8-4-3-5-9-14)18-13-12-17(22-23-18)19(25)21-16-11-7-6-10-15(16)20/h3-13H,2H2,1H3,(H,21,25). The van der Waals surface area contributed by atoms with E-state index in [0.29, 0.717) is 11.5 Å². The maximum atomic E-state index is 12.3.